The van der Waals surface area contributed by atoms with E-state index in [0.717, 1.165) is 14.2 Å². The Bertz CT molecular complexity index is 1480. The van der Waals surface area contributed by atoms with E-state index in [2.05, 4.69) is 12.1 Å². The van der Waals surface area contributed by atoms with Crippen molar-refractivity contribution >= 4 is 46.7 Å². The lowest BCUT2D eigenvalue weighted by molar-refractivity contribution is -0.150. The maximum absolute atomic E-state index is 14.0. The summed E-state index contributed by atoms with van der Waals surface area (Å²) in [5, 5.41) is 20.3. The second-order valence-corrected chi connectivity index (χ2v) is 10.7. The molecule has 6 aliphatic rings. The van der Waals surface area contributed by atoms with Crippen molar-refractivity contribution in [1.82, 2.24) is 0 Å². The lowest BCUT2D eigenvalue weighted by atomic mass is 9.34. The molecule has 0 aliphatic heterocycles. The van der Waals surface area contributed by atoms with Crippen molar-refractivity contribution in [2.45, 2.75) is 18.3 Å². The number of nitrogens with zero attached hydrogens (tertiary/aromatic N) is 2. The molecule has 2 saturated carbocycles. The molecule has 0 amide bonds. The van der Waals surface area contributed by atoms with Gasteiger partial charge in [0.1, 0.15) is 10.1 Å². The van der Waals surface area contributed by atoms with Crippen LogP contribution in [-0.4, -0.2) is 37.7 Å². The number of hydrogen-bond donors (Lipinski definition) is 0. The number of hydrogen-bond acceptors (Lipinski definition) is 8. The number of Topliss-reactive ketones (excluding diaryl/α,β-unsaturated/α-hetero) is 2. The number of nitriles is 2. The summed E-state index contributed by atoms with van der Waals surface area (Å²) in [4.78, 5) is 53.4. The fourth-order valence-electron chi connectivity index (χ4n) is 7.77. The van der Waals surface area contributed by atoms with Gasteiger partial charge < -0.3 is 9.47 Å². The summed E-state index contributed by atoms with van der Waals surface area (Å²) in [5.74, 6) is -5.55. The van der Waals surface area contributed by atoms with Gasteiger partial charge in [0.2, 0.25) is 0 Å². The maximum Gasteiger partial charge on any atom is 0.338 e. The minimum atomic E-state index is -2.22. The molecular weight excluding hydrogens is 519 g/mol. The van der Waals surface area contributed by atoms with Crippen LogP contribution in [0.2, 0.25) is 0 Å². The number of carbonyl (C=O) groups excluding carboxylic acids is 4. The molecule has 10 heteroatoms. The van der Waals surface area contributed by atoms with Gasteiger partial charge in [-0.15, -0.1) is 0 Å². The molecule has 0 radical (unpaired) electrons. The molecule has 184 valence electrons. The van der Waals surface area contributed by atoms with Crippen molar-refractivity contribution < 1.29 is 28.7 Å². The summed E-state index contributed by atoms with van der Waals surface area (Å²) in [5.41, 5.74) is -5.47. The van der Waals surface area contributed by atoms with Crippen LogP contribution < -0.4 is 0 Å². The second-order valence-electron chi connectivity index (χ2n) is 9.98. The first-order valence-corrected chi connectivity index (χ1v) is 12.0. The molecule has 0 saturated heterocycles. The first-order chi connectivity index (χ1) is 17.6. The van der Waals surface area contributed by atoms with Crippen LogP contribution in [0.4, 0.5) is 0 Å². The molecule has 37 heavy (non-hydrogen) atoms. The largest absolute Gasteiger partial charge is 0.465 e. The van der Waals surface area contributed by atoms with Gasteiger partial charge in [0.05, 0.1) is 37.5 Å². The average Bonchev–Trinajstić information content (AvgIpc) is 3.64. The lowest BCUT2D eigenvalue weighted by Gasteiger charge is -2.62. The number of halogens is 2. The van der Waals surface area contributed by atoms with Gasteiger partial charge in [-0.2, -0.15) is 10.5 Å². The fraction of sp³-hybridized carbons (Fsp3) is 0.333. The SMILES string of the molecule is COC(=O)c1cc2c(cc1C(=O)OC)[C@H]1[C@]34C=CC=C[C@]3(C4)[C@@H]2[C@]2(C#N)C(=O)C(Cl)=C(Cl)C(=O)[C@]12C#N. The van der Waals surface area contributed by atoms with Crippen molar-refractivity contribution in [3.05, 3.63) is 68.8 Å². The maximum atomic E-state index is 14.0. The zero-order valence-electron chi connectivity index (χ0n) is 19.4. The second kappa shape index (κ2) is 6.98. The zero-order chi connectivity index (χ0) is 26.7. The summed E-state index contributed by atoms with van der Waals surface area (Å²) < 4.78 is 9.79. The lowest BCUT2D eigenvalue weighted by Crippen LogP contribution is -2.68. The molecule has 0 heterocycles. The van der Waals surface area contributed by atoms with Crippen molar-refractivity contribution in [3.8, 4) is 12.1 Å². The molecule has 1 aromatic carbocycles. The summed E-state index contributed by atoms with van der Waals surface area (Å²) >= 11 is 12.5. The molecule has 1 aromatic rings. The highest BCUT2D eigenvalue weighted by molar-refractivity contribution is 6.57. The van der Waals surface area contributed by atoms with E-state index in [0.29, 0.717) is 17.5 Å². The number of benzene rings is 1. The third kappa shape index (κ3) is 2.15. The van der Waals surface area contributed by atoms with Gasteiger partial charge in [-0.05, 0) is 29.7 Å². The Morgan fingerprint density at radius 3 is 1.54 bits per heavy atom. The number of esters is 2. The standard InChI is InChI=1S/C27H16Cl2N2O6/c1-36-22(34)14-7-12-13(8-15(14)23(35)37-2)19-25-6-4-3-5-24(25,9-25)18(12)26(10-30)20(32)16(28)17(29)21(33)27(19,26)11-31/h3-8,18-19H,9H2,1-2H3/t18-,19+,24+,25-,26-,27+. The van der Waals surface area contributed by atoms with E-state index < -0.39 is 67.1 Å². The van der Waals surface area contributed by atoms with Gasteiger partial charge in [-0.1, -0.05) is 47.5 Å². The van der Waals surface area contributed by atoms with E-state index in [1.807, 2.05) is 12.2 Å². The summed E-state index contributed by atoms with van der Waals surface area (Å²) in [6.07, 6.45) is 7.82. The normalized spacial score (nSPS) is 37.5. The minimum Gasteiger partial charge on any atom is -0.465 e. The third-order valence-electron chi connectivity index (χ3n) is 9.06. The molecule has 8 nitrogen and oxygen atoms in total. The van der Waals surface area contributed by atoms with Gasteiger partial charge in [-0.25, -0.2) is 9.59 Å². The van der Waals surface area contributed by atoms with Crippen molar-refractivity contribution in [2.24, 2.45) is 21.7 Å². The Morgan fingerprint density at radius 2 is 1.22 bits per heavy atom. The number of carbonyl (C=O) groups is 4. The van der Waals surface area contributed by atoms with Crippen LogP contribution in [0, 0.1) is 44.3 Å². The molecule has 0 unspecified atom stereocenters. The van der Waals surface area contributed by atoms with Crippen molar-refractivity contribution in [3.63, 3.8) is 0 Å². The summed E-state index contributed by atoms with van der Waals surface area (Å²) in [6, 6.07) is 6.98. The monoisotopic (exact) mass is 534 g/mol. The molecule has 6 atom stereocenters. The van der Waals surface area contributed by atoms with Crippen LogP contribution in [0.3, 0.4) is 0 Å². The van der Waals surface area contributed by atoms with Crippen LogP contribution in [0.25, 0.3) is 0 Å². The van der Waals surface area contributed by atoms with Crippen LogP contribution in [0.1, 0.15) is 50.1 Å². The Labute approximate surface area is 220 Å². The Balaban J connectivity index is 1.81. The Morgan fingerprint density at radius 1 is 0.838 bits per heavy atom. The summed E-state index contributed by atoms with van der Waals surface area (Å²) in [7, 11) is 2.31. The van der Waals surface area contributed by atoms with E-state index in [1.54, 1.807) is 12.2 Å². The van der Waals surface area contributed by atoms with E-state index in [4.69, 9.17) is 32.7 Å². The number of ether oxygens (including phenoxy) is 2. The van der Waals surface area contributed by atoms with Crippen molar-refractivity contribution in [2.75, 3.05) is 14.2 Å². The molecular formula is C27H16Cl2N2O6. The Hall–Kier alpha value is -3.72. The van der Waals surface area contributed by atoms with Gasteiger partial charge in [0, 0.05) is 22.7 Å². The van der Waals surface area contributed by atoms with E-state index >= 15 is 0 Å². The quantitative estimate of drug-likeness (QED) is 0.522. The van der Waals surface area contributed by atoms with Crippen LogP contribution in [0.5, 0.6) is 0 Å². The average molecular weight is 535 g/mol. The molecule has 0 aromatic heterocycles. The number of rotatable bonds is 2. The van der Waals surface area contributed by atoms with Crippen LogP contribution >= 0.6 is 23.2 Å². The fourth-order valence-corrected chi connectivity index (χ4v) is 8.24. The third-order valence-corrected chi connectivity index (χ3v) is 9.88. The molecule has 7 rings (SSSR count). The predicted molar refractivity (Wildman–Crippen MR) is 127 cm³/mol. The number of allylic oxidation sites excluding steroid dienone is 6. The molecule has 0 N–H and O–H groups in total. The van der Waals surface area contributed by atoms with Gasteiger partial charge >= 0.3 is 11.9 Å². The molecule has 2 bridgehead atoms. The van der Waals surface area contributed by atoms with Crippen molar-refractivity contribution in [1.29, 1.82) is 10.5 Å². The van der Waals surface area contributed by atoms with E-state index in [-0.39, 0.29) is 11.1 Å². The number of ketones is 2. The van der Waals surface area contributed by atoms with Gasteiger partial charge in [0.25, 0.3) is 0 Å². The predicted octanol–water partition coefficient (Wildman–Crippen LogP) is 3.82. The highest BCUT2D eigenvalue weighted by atomic mass is 35.5. The smallest absolute Gasteiger partial charge is 0.338 e. The van der Waals surface area contributed by atoms with Gasteiger partial charge in [0.15, 0.2) is 22.4 Å². The van der Waals surface area contributed by atoms with E-state index in [1.165, 1.54) is 12.1 Å². The summed E-state index contributed by atoms with van der Waals surface area (Å²) in [6.45, 7) is 0. The van der Waals surface area contributed by atoms with Crippen LogP contribution in [0.15, 0.2) is 46.5 Å². The molecule has 2 fully saturated rings. The van der Waals surface area contributed by atoms with E-state index in [9.17, 15) is 29.7 Å². The van der Waals surface area contributed by atoms with Crippen LogP contribution in [-0.2, 0) is 19.1 Å². The first-order valence-electron chi connectivity index (χ1n) is 11.3. The Kier molecular flexibility index (Phi) is 4.46. The highest BCUT2D eigenvalue weighted by Crippen LogP contribution is 2.92. The zero-order valence-corrected chi connectivity index (χ0v) is 20.9. The molecule has 6 aliphatic carbocycles. The number of methoxy groups -OCH3 is 2. The minimum absolute atomic E-state index is 0.122. The highest BCUT2D eigenvalue weighted by Gasteiger charge is 2.91. The topological polar surface area (TPSA) is 134 Å². The molecule has 0 spiro atoms. The first kappa shape index (κ1) is 23.7. The van der Waals surface area contributed by atoms with Gasteiger partial charge in [-0.3, -0.25) is 9.59 Å².